The normalized spacial score (nSPS) is 13.6. The third-order valence-corrected chi connectivity index (χ3v) is 4.69. The number of carbonyl (C=O) groups is 1. The number of nitrogens with zero attached hydrogens (tertiary/aromatic N) is 3. The van der Waals surface area contributed by atoms with Crippen molar-refractivity contribution in [2.24, 2.45) is 0 Å². The van der Waals surface area contributed by atoms with Crippen molar-refractivity contribution in [3.63, 3.8) is 0 Å². The maximum Gasteiger partial charge on any atom is 0.251 e. The summed E-state index contributed by atoms with van der Waals surface area (Å²) < 4.78 is 11.0. The summed E-state index contributed by atoms with van der Waals surface area (Å²) in [5.41, 5.74) is 1.57. The molecule has 7 heteroatoms. The van der Waals surface area contributed by atoms with Crippen molar-refractivity contribution in [2.75, 3.05) is 43.1 Å². The zero-order valence-electron chi connectivity index (χ0n) is 16.2. The SMILES string of the molecule is O=C(COCCOc1ccccc1)Nc1nc2ccccc2nc1N1CCCC1. The summed E-state index contributed by atoms with van der Waals surface area (Å²) in [5.74, 6) is 1.73. The van der Waals surface area contributed by atoms with E-state index in [0.717, 1.165) is 48.5 Å². The van der Waals surface area contributed by atoms with Gasteiger partial charge in [0.15, 0.2) is 11.6 Å². The highest BCUT2D eigenvalue weighted by molar-refractivity contribution is 5.95. The van der Waals surface area contributed by atoms with Crippen LogP contribution in [0.4, 0.5) is 11.6 Å². The fourth-order valence-corrected chi connectivity index (χ4v) is 3.29. The van der Waals surface area contributed by atoms with Gasteiger partial charge in [-0.25, -0.2) is 9.97 Å². The Morgan fingerprint density at radius 2 is 1.62 bits per heavy atom. The minimum Gasteiger partial charge on any atom is -0.491 e. The van der Waals surface area contributed by atoms with Gasteiger partial charge in [0.05, 0.1) is 17.6 Å². The number of aromatic nitrogens is 2. The topological polar surface area (TPSA) is 76.6 Å². The summed E-state index contributed by atoms with van der Waals surface area (Å²) in [6.45, 7) is 2.48. The number of ether oxygens (including phenoxy) is 2. The van der Waals surface area contributed by atoms with E-state index >= 15 is 0 Å². The molecule has 2 aromatic carbocycles. The van der Waals surface area contributed by atoms with E-state index in [1.54, 1.807) is 0 Å². The maximum atomic E-state index is 12.4. The number of anilines is 2. The summed E-state index contributed by atoms with van der Waals surface area (Å²) in [5, 5.41) is 2.87. The van der Waals surface area contributed by atoms with Crippen molar-refractivity contribution in [3.05, 3.63) is 54.6 Å². The molecule has 0 aliphatic carbocycles. The second-order valence-corrected chi connectivity index (χ2v) is 6.84. The molecule has 29 heavy (non-hydrogen) atoms. The molecule has 1 N–H and O–H groups in total. The van der Waals surface area contributed by atoms with Gasteiger partial charge in [-0.3, -0.25) is 4.79 Å². The zero-order valence-corrected chi connectivity index (χ0v) is 16.2. The van der Waals surface area contributed by atoms with Gasteiger partial charge in [-0.15, -0.1) is 0 Å². The Bertz CT molecular complexity index is 959. The second kappa shape index (κ2) is 9.34. The van der Waals surface area contributed by atoms with Crippen molar-refractivity contribution in [3.8, 4) is 5.75 Å². The number of hydrogen-bond donors (Lipinski definition) is 1. The average Bonchev–Trinajstić information content (AvgIpc) is 3.28. The Hall–Kier alpha value is -3.19. The first-order valence-corrected chi connectivity index (χ1v) is 9.87. The Morgan fingerprint density at radius 3 is 2.38 bits per heavy atom. The minimum atomic E-state index is -0.255. The number of amides is 1. The first kappa shape index (κ1) is 19.1. The van der Waals surface area contributed by atoms with Crippen molar-refractivity contribution in [1.82, 2.24) is 9.97 Å². The molecule has 7 nitrogen and oxygen atoms in total. The van der Waals surface area contributed by atoms with Crippen molar-refractivity contribution >= 4 is 28.6 Å². The molecule has 1 fully saturated rings. The van der Waals surface area contributed by atoms with E-state index < -0.39 is 0 Å². The number of nitrogens with one attached hydrogen (secondary N) is 1. The number of benzene rings is 2. The van der Waals surface area contributed by atoms with E-state index in [1.165, 1.54) is 0 Å². The van der Waals surface area contributed by atoms with E-state index in [9.17, 15) is 4.79 Å². The standard InChI is InChI=1S/C22H24N4O3/c27-20(16-28-14-15-29-17-8-2-1-3-9-17)25-21-22(26-12-6-7-13-26)24-19-11-5-4-10-18(19)23-21/h1-5,8-11H,6-7,12-16H2,(H,23,25,27). The van der Waals surface area contributed by atoms with Gasteiger partial charge in [0.2, 0.25) is 0 Å². The van der Waals surface area contributed by atoms with E-state index in [2.05, 4.69) is 15.2 Å². The van der Waals surface area contributed by atoms with Gasteiger partial charge in [0.1, 0.15) is 19.0 Å². The van der Waals surface area contributed by atoms with Crippen LogP contribution in [0.15, 0.2) is 54.6 Å². The zero-order chi connectivity index (χ0) is 19.9. The molecule has 150 valence electrons. The van der Waals surface area contributed by atoms with E-state index in [1.807, 2.05) is 54.6 Å². The lowest BCUT2D eigenvalue weighted by atomic mass is 10.3. The molecule has 4 rings (SSSR count). The van der Waals surface area contributed by atoms with Gasteiger partial charge in [0.25, 0.3) is 5.91 Å². The molecule has 0 bridgehead atoms. The lowest BCUT2D eigenvalue weighted by Gasteiger charge is -2.20. The number of para-hydroxylation sites is 3. The van der Waals surface area contributed by atoms with Crippen LogP contribution in [0.2, 0.25) is 0 Å². The number of rotatable bonds is 8. The fraction of sp³-hybridized carbons (Fsp3) is 0.318. The van der Waals surface area contributed by atoms with Crippen LogP contribution in [0.25, 0.3) is 11.0 Å². The Morgan fingerprint density at radius 1 is 0.931 bits per heavy atom. The molecule has 0 saturated carbocycles. The van der Waals surface area contributed by atoms with Crippen LogP contribution in [-0.2, 0) is 9.53 Å². The van der Waals surface area contributed by atoms with Crippen LogP contribution in [-0.4, -0.2) is 48.8 Å². The van der Waals surface area contributed by atoms with Crippen LogP contribution in [0, 0.1) is 0 Å². The molecule has 0 unspecified atom stereocenters. The van der Waals surface area contributed by atoms with Gasteiger partial charge in [-0.05, 0) is 37.1 Å². The molecule has 0 atom stereocenters. The molecule has 1 saturated heterocycles. The molecular formula is C22H24N4O3. The quantitative estimate of drug-likeness (QED) is 0.593. The maximum absolute atomic E-state index is 12.4. The van der Waals surface area contributed by atoms with E-state index in [4.69, 9.17) is 14.5 Å². The predicted octanol–water partition coefficient (Wildman–Crippen LogP) is 3.26. The third-order valence-electron chi connectivity index (χ3n) is 4.69. The number of hydrogen-bond acceptors (Lipinski definition) is 6. The Balaban J connectivity index is 1.35. The molecule has 1 aliphatic heterocycles. The summed E-state index contributed by atoms with van der Waals surface area (Å²) >= 11 is 0. The lowest BCUT2D eigenvalue weighted by molar-refractivity contribution is -0.120. The van der Waals surface area contributed by atoms with Gasteiger partial charge in [0, 0.05) is 13.1 Å². The van der Waals surface area contributed by atoms with Crippen molar-refractivity contribution in [1.29, 1.82) is 0 Å². The summed E-state index contributed by atoms with van der Waals surface area (Å²) in [6.07, 6.45) is 2.23. The van der Waals surface area contributed by atoms with Gasteiger partial charge < -0.3 is 19.7 Å². The van der Waals surface area contributed by atoms with Crippen LogP contribution in [0.5, 0.6) is 5.75 Å². The molecule has 1 aliphatic rings. The first-order chi connectivity index (χ1) is 14.3. The summed E-state index contributed by atoms with van der Waals surface area (Å²) in [4.78, 5) is 23.9. The molecular weight excluding hydrogens is 368 g/mol. The largest absolute Gasteiger partial charge is 0.491 e. The lowest BCUT2D eigenvalue weighted by Crippen LogP contribution is -2.25. The third kappa shape index (κ3) is 5.00. The van der Waals surface area contributed by atoms with E-state index in [-0.39, 0.29) is 12.5 Å². The molecule has 1 aromatic heterocycles. The molecule has 1 amide bonds. The predicted molar refractivity (Wildman–Crippen MR) is 112 cm³/mol. The first-order valence-electron chi connectivity index (χ1n) is 9.87. The van der Waals surface area contributed by atoms with Gasteiger partial charge >= 0.3 is 0 Å². The molecule has 3 aromatic rings. The fourth-order valence-electron chi connectivity index (χ4n) is 3.29. The Labute approximate surface area is 169 Å². The van der Waals surface area contributed by atoms with Crippen molar-refractivity contribution < 1.29 is 14.3 Å². The van der Waals surface area contributed by atoms with Crippen LogP contribution < -0.4 is 15.0 Å². The highest BCUT2D eigenvalue weighted by Crippen LogP contribution is 2.27. The molecule has 0 radical (unpaired) electrons. The van der Waals surface area contributed by atoms with E-state index in [0.29, 0.717) is 19.0 Å². The smallest absolute Gasteiger partial charge is 0.251 e. The molecule has 2 heterocycles. The van der Waals surface area contributed by atoms with Crippen LogP contribution in [0.1, 0.15) is 12.8 Å². The summed E-state index contributed by atoms with van der Waals surface area (Å²) in [6, 6.07) is 17.2. The highest BCUT2D eigenvalue weighted by atomic mass is 16.5. The monoisotopic (exact) mass is 392 g/mol. The average molecular weight is 392 g/mol. The Kier molecular flexibility index (Phi) is 6.16. The van der Waals surface area contributed by atoms with Crippen molar-refractivity contribution in [2.45, 2.75) is 12.8 Å². The highest BCUT2D eigenvalue weighted by Gasteiger charge is 2.20. The van der Waals surface area contributed by atoms with Crippen LogP contribution >= 0.6 is 0 Å². The molecule has 0 spiro atoms. The summed E-state index contributed by atoms with van der Waals surface area (Å²) in [7, 11) is 0. The van der Waals surface area contributed by atoms with Gasteiger partial charge in [-0.2, -0.15) is 0 Å². The van der Waals surface area contributed by atoms with Crippen LogP contribution in [0.3, 0.4) is 0 Å². The number of fused-ring (bicyclic) bond motifs is 1. The minimum absolute atomic E-state index is 0.0634. The van der Waals surface area contributed by atoms with Gasteiger partial charge in [-0.1, -0.05) is 30.3 Å². The number of carbonyl (C=O) groups excluding carboxylic acids is 1. The second-order valence-electron chi connectivity index (χ2n) is 6.84.